The Kier molecular flexibility index (Phi) is 6.56. The minimum absolute atomic E-state index is 0.0655. The molecule has 2 aromatic heterocycles. The second-order valence-corrected chi connectivity index (χ2v) is 7.40. The van der Waals surface area contributed by atoms with Crippen LogP contribution in [0.3, 0.4) is 0 Å². The third kappa shape index (κ3) is 5.17. The second kappa shape index (κ2) is 9.29. The number of fused-ring (bicyclic) bond motifs is 1. The molecule has 0 fully saturated rings. The van der Waals surface area contributed by atoms with Crippen molar-refractivity contribution in [3.8, 4) is 10.6 Å². The van der Waals surface area contributed by atoms with Crippen LogP contribution in [0.1, 0.15) is 30.6 Å². The van der Waals surface area contributed by atoms with Gasteiger partial charge in [-0.15, -0.1) is 11.3 Å². The fourth-order valence-electron chi connectivity index (χ4n) is 2.63. The molecule has 29 heavy (non-hydrogen) atoms. The summed E-state index contributed by atoms with van der Waals surface area (Å²) < 4.78 is 5.15. The van der Waals surface area contributed by atoms with Crippen LogP contribution in [0.4, 0.5) is 4.79 Å². The molecule has 3 amide bonds. The number of carbonyl (C=O) groups excluding carboxylic acids is 3. The lowest BCUT2D eigenvalue weighted by molar-refractivity contribution is -0.123. The Balaban J connectivity index is 1.73. The normalized spacial score (nSPS) is 11.7. The molecule has 2 heterocycles. The molecule has 7 nitrogen and oxygen atoms in total. The summed E-state index contributed by atoms with van der Waals surface area (Å²) >= 11 is 1.51. The number of benzene rings is 1. The predicted molar refractivity (Wildman–Crippen MR) is 112 cm³/mol. The zero-order valence-electron chi connectivity index (χ0n) is 16.1. The summed E-state index contributed by atoms with van der Waals surface area (Å²) in [7, 11) is 0. The quantitative estimate of drug-likeness (QED) is 0.602. The number of hydrogen-bond donors (Lipinski definition) is 2. The van der Waals surface area contributed by atoms with E-state index in [1.807, 2.05) is 43.5 Å². The van der Waals surface area contributed by atoms with E-state index < -0.39 is 24.5 Å². The first kappa shape index (κ1) is 20.5. The van der Waals surface area contributed by atoms with Gasteiger partial charge in [0.2, 0.25) is 0 Å². The van der Waals surface area contributed by atoms with Crippen LogP contribution in [0.15, 0.2) is 47.8 Å². The Labute approximate surface area is 172 Å². The van der Waals surface area contributed by atoms with Crippen LogP contribution in [0.2, 0.25) is 0 Å². The van der Waals surface area contributed by atoms with Gasteiger partial charge < -0.3 is 10.1 Å². The van der Waals surface area contributed by atoms with Crippen molar-refractivity contribution >= 4 is 40.1 Å². The van der Waals surface area contributed by atoms with Crippen LogP contribution in [0.25, 0.3) is 21.5 Å². The van der Waals surface area contributed by atoms with Gasteiger partial charge in [0.15, 0.2) is 6.61 Å². The third-order valence-electron chi connectivity index (χ3n) is 4.29. The number of ether oxygens (including phenoxy) is 1. The van der Waals surface area contributed by atoms with Crippen LogP contribution < -0.4 is 10.6 Å². The maximum Gasteiger partial charge on any atom is 0.339 e. The van der Waals surface area contributed by atoms with Crippen LogP contribution >= 0.6 is 11.3 Å². The van der Waals surface area contributed by atoms with Crippen LogP contribution in [-0.4, -0.2) is 35.5 Å². The van der Waals surface area contributed by atoms with Gasteiger partial charge in [-0.05, 0) is 36.9 Å². The number of esters is 1. The summed E-state index contributed by atoms with van der Waals surface area (Å²) in [6.07, 6.45) is 0.734. The Morgan fingerprint density at radius 3 is 2.69 bits per heavy atom. The van der Waals surface area contributed by atoms with Crippen molar-refractivity contribution in [3.63, 3.8) is 0 Å². The number of thiophene rings is 1. The number of para-hydroxylation sites is 1. The zero-order valence-corrected chi connectivity index (χ0v) is 16.9. The lowest BCUT2D eigenvalue weighted by Crippen LogP contribution is -2.44. The SMILES string of the molecule is CC[C@@H](C)NC(=O)NC(=O)COC(=O)c1cc(-c2cccs2)nc2ccccc12. The van der Waals surface area contributed by atoms with Gasteiger partial charge in [-0.2, -0.15) is 0 Å². The van der Waals surface area contributed by atoms with Crippen LogP contribution in [0, 0.1) is 0 Å². The number of imide groups is 1. The van der Waals surface area contributed by atoms with Gasteiger partial charge in [0, 0.05) is 11.4 Å². The minimum Gasteiger partial charge on any atom is -0.452 e. The highest BCUT2D eigenvalue weighted by molar-refractivity contribution is 7.13. The standard InChI is InChI=1S/C21H21N3O4S/c1-3-13(2)22-21(27)24-19(25)12-28-20(26)15-11-17(18-9-6-10-29-18)23-16-8-5-4-7-14(15)16/h4-11,13H,3,12H2,1-2H3,(H2,22,24,25,27)/t13-/m1/s1. The Bertz CT molecular complexity index is 1030. The van der Waals surface area contributed by atoms with E-state index >= 15 is 0 Å². The summed E-state index contributed by atoms with van der Waals surface area (Å²) in [5.41, 5.74) is 1.63. The molecule has 0 unspecified atom stereocenters. The number of amides is 3. The molecule has 150 valence electrons. The van der Waals surface area contributed by atoms with Crippen molar-refractivity contribution in [1.82, 2.24) is 15.6 Å². The van der Waals surface area contributed by atoms with Crippen molar-refractivity contribution in [3.05, 3.63) is 53.4 Å². The van der Waals surface area contributed by atoms with E-state index in [4.69, 9.17) is 4.74 Å². The second-order valence-electron chi connectivity index (χ2n) is 6.46. The van der Waals surface area contributed by atoms with E-state index in [0.29, 0.717) is 22.2 Å². The molecule has 0 saturated heterocycles. The Morgan fingerprint density at radius 1 is 1.17 bits per heavy atom. The summed E-state index contributed by atoms with van der Waals surface area (Å²) in [6.45, 7) is 3.18. The molecule has 0 aliphatic carbocycles. The first-order valence-electron chi connectivity index (χ1n) is 9.19. The fraction of sp³-hybridized carbons (Fsp3) is 0.238. The van der Waals surface area contributed by atoms with Crippen molar-refractivity contribution in [1.29, 1.82) is 0 Å². The van der Waals surface area contributed by atoms with Crippen molar-refractivity contribution in [2.24, 2.45) is 0 Å². The van der Waals surface area contributed by atoms with Gasteiger partial charge in [-0.1, -0.05) is 31.2 Å². The van der Waals surface area contributed by atoms with Gasteiger partial charge in [-0.25, -0.2) is 14.6 Å². The van der Waals surface area contributed by atoms with Gasteiger partial charge in [0.1, 0.15) is 0 Å². The molecule has 3 rings (SSSR count). The monoisotopic (exact) mass is 411 g/mol. The Morgan fingerprint density at radius 2 is 1.97 bits per heavy atom. The summed E-state index contributed by atoms with van der Waals surface area (Å²) in [6, 6.07) is 12.0. The fourth-order valence-corrected chi connectivity index (χ4v) is 3.31. The van der Waals surface area contributed by atoms with Crippen LogP contribution in [0.5, 0.6) is 0 Å². The lowest BCUT2D eigenvalue weighted by Gasteiger charge is -2.12. The molecular formula is C21H21N3O4S. The summed E-state index contributed by atoms with van der Waals surface area (Å²) in [5.74, 6) is -1.35. The molecule has 0 aliphatic rings. The zero-order chi connectivity index (χ0) is 20.8. The number of nitrogens with one attached hydrogen (secondary N) is 2. The minimum atomic E-state index is -0.698. The number of urea groups is 1. The molecule has 0 radical (unpaired) electrons. The van der Waals surface area contributed by atoms with E-state index in [0.717, 1.165) is 11.3 Å². The highest BCUT2D eigenvalue weighted by atomic mass is 32.1. The molecule has 0 saturated carbocycles. The first-order valence-corrected chi connectivity index (χ1v) is 10.1. The molecule has 0 bridgehead atoms. The predicted octanol–water partition coefficient (Wildman–Crippen LogP) is 3.74. The average Bonchev–Trinajstić information content (AvgIpc) is 3.25. The van der Waals surface area contributed by atoms with Crippen molar-refractivity contribution in [2.45, 2.75) is 26.3 Å². The van der Waals surface area contributed by atoms with Gasteiger partial charge >= 0.3 is 12.0 Å². The average molecular weight is 411 g/mol. The summed E-state index contributed by atoms with van der Waals surface area (Å²) in [5, 5.41) is 7.32. The lowest BCUT2D eigenvalue weighted by atomic mass is 10.1. The van der Waals surface area contributed by atoms with E-state index in [9.17, 15) is 14.4 Å². The largest absolute Gasteiger partial charge is 0.452 e. The van der Waals surface area contributed by atoms with E-state index in [-0.39, 0.29) is 6.04 Å². The van der Waals surface area contributed by atoms with E-state index in [1.54, 1.807) is 18.2 Å². The van der Waals surface area contributed by atoms with Gasteiger partial charge in [0.05, 0.1) is 21.7 Å². The van der Waals surface area contributed by atoms with Crippen molar-refractivity contribution < 1.29 is 19.1 Å². The number of carbonyl (C=O) groups is 3. The molecule has 0 aliphatic heterocycles. The number of aromatic nitrogens is 1. The van der Waals surface area contributed by atoms with Crippen molar-refractivity contribution in [2.75, 3.05) is 6.61 Å². The maximum atomic E-state index is 12.7. The number of pyridine rings is 1. The van der Waals surface area contributed by atoms with Gasteiger partial charge in [-0.3, -0.25) is 10.1 Å². The molecule has 3 aromatic rings. The molecular weight excluding hydrogens is 390 g/mol. The van der Waals surface area contributed by atoms with E-state index in [1.165, 1.54) is 11.3 Å². The molecule has 2 N–H and O–H groups in total. The molecule has 0 spiro atoms. The number of nitrogens with zero attached hydrogens (tertiary/aromatic N) is 1. The number of hydrogen-bond acceptors (Lipinski definition) is 6. The molecule has 8 heteroatoms. The summed E-state index contributed by atoms with van der Waals surface area (Å²) in [4.78, 5) is 41.8. The van der Waals surface area contributed by atoms with Gasteiger partial charge in [0.25, 0.3) is 5.91 Å². The topological polar surface area (TPSA) is 97.4 Å². The maximum absolute atomic E-state index is 12.7. The highest BCUT2D eigenvalue weighted by Crippen LogP contribution is 2.28. The smallest absolute Gasteiger partial charge is 0.339 e. The number of rotatable bonds is 6. The third-order valence-corrected chi connectivity index (χ3v) is 5.18. The van der Waals surface area contributed by atoms with E-state index in [2.05, 4.69) is 15.6 Å². The Hall–Kier alpha value is -3.26. The molecule has 1 aromatic carbocycles. The van der Waals surface area contributed by atoms with Crippen LogP contribution in [-0.2, 0) is 9.53 Å². The molecule has 1 atom stereocenters. The first-order chi connectivity index (χ1) is 14.0. The highest BCUT2D eigenvalue weighted by Gasteiger charge is 2.18.